The number of nitrogens with one attached hydrogen (secondary N) is 1. The van der Waals surface area contributed by atoms with E-state index in [1.165, 1.54) is 0 Å². The number of halogens is 1. The van der Waals surface area contributed by atoms with Gasteiger partial charge in [-0.15, -0.1) is 11.6 Å². The van der Waals surface area contributed by atoms with Gasteiger partial charge in [-0.3, -0.25) is 0 Å². The van der Waals surface area contributed by atoms with Gasteiger partial charge in [-0.2, -0.15) is 0 Å². The van der Waals surface area contributed by atoms with Crippen molar-refractivity contribution in [2.24, 2.45) is 5.92 Å². The highest BCUT2D eigenvalue weighted by molar-refractivity contribution is 7.89. The first-order chi connectivity index (χ1) is 11.3. The van der Waals surface area contributed by atoms with Crippen molar-refractivity contribution in [3.8, 4) is 0 Å². The summed E-state index contributed by atoms with van der Waals surface area (Å²) in [6.45, 7) is 5.66. The highest BCUT2D eigenvalue weighted by atomic mass is 35.5. The Bertz CT molecular complexity index is 563. The van der Waals surface area contributed by atoms with Crippen LogP contribution in [-0.4, -0.2) is 31.0 Å². The molecule has 1 rings (SSSR count). The van der Waals surface area contributed by atoms with Crippen molar-refractivity contribution in [3.63, 3.8) is 0 Å². The molecule has 24 heavy (non-hydrogen) atoms. The first kappa shape index (κ1) is 21.4. The molecule has 0 aliphatic carbocycles. The van der Waals surface area contributed by atoms with Gasteiger partial charge in [-0.25, -0.2) is 13.1 Å². The van der Waals surface area contributed by atoms with Crippen LogP contribution in [-0.2, 0) is 10.0 Å². The highest BCUT2D eigenvalue weighted by Crippen LogP contribution is 2.21. The van der Waals surface area contributed by atoms with Crippen molar-refractivity contribution in [3.05, 3.63) is 30.3 Å². The second-order valence-electron chi connectivity index (χ2n) is 6.46. The van der Waals surface area contributed by atoms with Crippen molar-refractivity contribution in [1.29, 1.82) is 0 Å². The minimum atomic E-state index is -3.61. The molecule has 0 radical (unpaired) electrons. The minimum Gasteiger partial charge on any atom is -0.393 e. The Morgan fingerprint density at radius 2 is 1.75 bits per heavy atom. The molecule has 2 unspecified atom stereocenters. The highest BCUT2D eigenvalue weighted by Gasteiger charge is 2.27. The molecule has 2 N–H and O–H groups in total. The zero-order valence-corrected chi connectivity index (χ0v) is 16.4. The second-order valence-corrected chi connectivity index (χ2v) is 8.79. The third-order valence-corrected chi connectivity index (χ3v) is 6.36. The van der Waals surface area contributed by atoms with Gasteiger partial charge in [-0.05, 0) is 44.2 Å². The molecule has 0 heterocycles. The summed E-state index contributed by atoms with van der Waals surface area (Å²) in [7, 11) is -3.61. The Morgan fingerprint density at radius 3 is 2.29 bits per heavy atom. The Balaban J connectivity index is 2.79. The minimum absolute atomic E-state index is 0.0369. The van der Waals surface area contributed by atoms with Gasteiger partial charge in [0.05, 0.1) is 11.0 Å². The fourth-order valence-electron chi connectivity index (χ4n) is 2.56. The molecule has 0 aliphatic heterocycles. The Hall–Kier alpha value is -0.620. The largest absolute Gasteiger partial charge is 0.393 e. The molecule has 0 spiro atoms. The fraction of sp³-hybridized carbons (Fsp3) is 0.667. The SMILES string of the molecule is CCCCC(Cl)CCC(NS(=O)(=O)c1ccccc1)[C@H](C)[C@H](C)O. The number of benzene rings is 1. The lowest BCUT2D eigenvalue weighted by Crippen LogP contribution is -2.43. The molecule has 0 fully saturated rings. The van der Waals surface area contributed by atoms with Crippen molar-refractivity contribution in [2.45, 2.75) is 75.3 Å². The average molecular weight is 376 g/mol. The van der Waals surface area contributed by atoms with Crippen LogP contribution in [0.1, 0.15) is 52.9 Å². The van der Waals surface area contributed by atoms with Crippen molar-refractivity contribution in [1.82, 2.24) is 4.72 Å². The van der Waals surface area contributed by atoms with E-state index in [1.807, 2.05) is 6.92 Å². The average Bonchev–Trinajstić information content (AvgIpc) is 2.56. The van der Waals surface area contributed by atoms with E-state index in [1.54, 1.807) is 37.3 Å². The van der Waals surface area contributed by atoms with Gasteiger partial charge in [0, 0.05) is 11.4 Å². The maximum absolute atomic E-state index is 12.6. The van der Waals surface area contributed by atoms with Crippen LogP contribution < -0.4 is 4.72 Å². The molecule has 0 amide bonds. The van der Waals surface area contributed by atoms with Crippen LogP contribution in [0.3, 0.4) is 0 Å². The van der Waals surface area contributed by atoms with Crippen LogP contribution >= 0.6 is 11.6 Å². The van der Waals surface area contributed by atoms with Crippen LogP contribution in [0.25, 0.3) is 0 Å². The number of sulfonamides is 1. The first-order valence-corrected chi connectivity index (χ1v) is 10.6. The number of alkyl halides is 1. The van der Waals surface area contributed by atoms with Crippen LogP contribution in [0.5, 0.6) is 0 Å². The number of rotatable bonds is 11. The second kappa shape index (κ2) is 10.4. The van der Waals surface area contributed by atoms with Gasteiger partial charge in [0.15, 0.2) is 0 Å². The summed E-state index contributed by atoms with van der Waals surface area (Å²) < 4.78 is 27.9. The lowest BCUT2D eigenvalue weighted by atomic mass is 9.93. The maximum atomic E-state index is 12.6. The lowest BCUT2D eigenvalue weighted by molar-refractivity contribution is 0.113. The third-order valence-electron chi connectivity index (χ3n) is 4.42. The molecule has 4 nitrogen and oxygen atoms in total. The number of hydrogen-bond donors (Lipinski definition) is 2. The van der Waals surface area contributed by atoms with Crippen LogP contribution in [0, 0.1) is 5.92 Å². The molecule has 0 aromatic heterocycles. The lowest BCUT2D eigenvalue weighted by Gasteiger charge is -2.27. The van der Waals surface area contributed by atoms with E-state index in [4.69, 9.17) is 11.6 Å². The summed E-state index contributed by atoms with van der Waals surface area (Å²) in [4.78, 5) is 0.237. The molecule has 1 aromatic rings. The molecular weight excluding hydrogens is 346 g/mol. The first-order valence-electron chi connectivity index (χ1n) is 8.67. The summed E-state index contributed by atoms with van der Waals surface area (Å²) >= 11 is 6.34. The molecule has 0 bridgehead atoms. The van der Waals surface area contributed by atoms with E-state index < -0.39 is 16.1 Å². The molecule has 138 valence electrons. The van der Waals surface area contributed by atoms with E-state index >= 15 is 0 Å². The van der Waals surface area contributed by atoms with E-state index in [9.17, 15) is 13.5 Å². The van der Waals surface area contributed by atoms with Crippen LogP contribution in [0.15, 0.2) is 35.2 Å². The quantitative estimate of drug-likeness (QED) is 0.576. The number of aliphatic hydroxyl groups is 1. The number of unbranched alkanes of at least 4 members (excludes halogenated alkanes) is 1. The van der Waals surface area contributed by atoms with Gasteiger partial charge in [0.25, 0.3) is 0 Å². The van der Waals surface area contributed by atoms with E-state index in [-0.39, 0.29) is 22.2 Å². The Labute approximate surface area is 151 Å². The molecule has 1 aromatic carbocycles. The van der Waals surface area contributed by atoms with Gasteiger partial charge in [-0.1, -0.05) is 44.9 Å². The Morgan fingerprint density at radius 1 is 1.12 bits per heavy atom. The summed E-state index contributed by atoms with van der Waals surface area (Å²) in [5, 5.41) is 9.93. The third kappa shape index (κ3) is 7.09. The van der Waals surface area contributed by atoms with Gasteiger partial charge >= 0.3 is 0 Å². The molecule has 0 saturated carbocycles. The van der Waals surface area contributed by atoms with Crippen molar-refractivity contribution < 1.29 is 13.5 Å². The number of aliphatic hydroxyl groups excluding tert-OH is 1. The normalized spacial score (nSPS) is 17.2. The standard InChI is InChI=1S/C18H30ClNO3S/c1-4-5-9-16(19)12-13-18(14(2)15(3)21)20-24(22,23)17-10-7-6-8-11-17/h6-8,10-11,14-16,18,20-21H,4-5,9,12-13H2,1-3H3/t14-,15+,16?,18?/m1/s1. The predicted octanol–water partition coefficient (Wildman–Crippen LogP) is 3.93. The van der Waals surface area contributed by atoms with Crippen LogP contribution in [0.4, 0.5) is 0 Å². The summed E-state index contributed by atoms with van der Waals surface area (Å²) in [6, 6.07) is 7.96. The summed E-state index contributed by atoms with van der Waals surface area (Å²) in [5.41, 5.74) is 0. The maximum Gasteiger partial charge on any atom is 0.240 e. The number of hydrogen-bond acceptors (Lipinski definition) is 3. The zero-order chi connectivity index (χ0) is 18.2. The molecule has 0 aliphatic rings. The van der Waals surface area contributed by atoms with E-state index in [0.717, 1.165) is 25.7 Å². The molecular formula is C18H30ClNO3S. The summed E-state index contributed by atoms with van der Waals surface area (Å²) in [5.74, 6) is -0.196. The van der Waals surface area contributed by atoms with Gasteiger partial charge in [0.2, 0.25) is 10.0 Å². The zero-order valence-electron chi connectivity index (χ0n) is 14.8. The van der Waals surface area contributed by atoms with Crippen LogP contribution in [0.2, 0.25) is 0 Å². The Kier molecular flexibility index (Phi) is 9.27. The molecule has 6 heteroatoms. The smallest absolute Gasteiger partial charge is 0.240 e. The van der Waals surface area contributed by atoms with E-state index in [0.29, 0.717) is 6.42 Å². The predicted molar refractivity (Wildman–Crippen MR) is 99.8 cm³/mol. The van der Waals surface area contributed by atoms with Crippen molar-refractivity contribution in [2.75, 3.05) is 0 Å². The monoisotopic (exact) mass is 375 g/mol. The fourth-order valence-corrected chi connectivity index (χ4v) is 4.23. The topological polar surface area (TPSA) is 66.4 Å². The molecule has 4 atom stereocenters. The van der Waals surface area contributed by atoms with Gasteiger partial charge < -0.3 is 5.11 Å². The molecule has 0 saturated heterocycles. The van der Waals surface area contributed by atoms with Crippen molar-refractivity contribution >= 4 is 21.6 Å². The van der Waals surface area contributed by atoms with E-state index in [2.05, 4.69) is 11.6 Å². The summed E-state index contributed by atoms with van der Waals surface area (Å²) in [6.07, 6.45) is 3.83. The van der Waals surface area contributed by atoms with Gasteiger partial charge in [0.1, 0.15) is 0 Å².